The van der Waals surface area contributed by atoms with E-state index in [2.05, 4.69) is 10.7 Å². The van der Waals surface area contributed by atoms with Crippen LogP contribution in [-0.2, 0) is 20.5 Å². The second kappa shape index (κ2) is 8.77. The first-order chi connectivity index (χ1) is 12.4. The van der Waals surface area contributed by atoms with Crippen molar-refractivity contribution in [2.24, 2.45) is 5.84 Å². The number of nitrogens with one attached hydrogen (secondary N) is 2. The molecule has 0 fully saturated rings. The number of nitrogens with zero attached hydrogens (tertiary/aromatic N) is 1. The number of ether oxygens (including phenoxy) is 1. The number of hydrazine groups is 1. The van der Waals surface area contributed by atoms with Crippen LogP contribution in [0.3, 0.4) is 0 Å². The van der Waals surface area contributed by atoms with Crippen molar-refractivity contribution in [2.45, 2.75) is 38.4 Å². The molecule has 0 saturated heterocycles. The molecule has 0 saturated carbocycles. The normalized spacial score (nSPS) is 13.6. The minimum Gasteiger partial charge on any atom is -0.466 e. The van der Waals surface area contributed by atoms with E-state index in [1.165, 1.54) is 6.92 Å². The fraction of sp³-hybridized carbons (Fsp3) is 0.467. The van der Waals surface area contributed by atoms with Gasteiger partial charge in [0, 0.05) is 18.2 Å². The lowest BCUT2D eigenvalue weighted by Crippen LogP contribution is -2.55. The molecule has 1 aromatic carbocycles. The molecule has 0 bridgehead atoms. The molecule has 1 amide bonds. The van der Waals surface area contributed by atoms with E-state index in [-0.39, 0.29) is 25.1 Å². The molecular weight excluding hydrogens is 373 g/mol. The number of amides is 1. The first-order valence-electron chi connectivity index (χ1n) is 7.75. The number of rotatable bonds is 8. The van der Waals surface area contributed by atoms with Crippen LogP contribution in [0.25, 0.3) is 0 Å². The van der Waals surface area contributed by atoms with Crippen molar-refractivity contribution in [1.82, 2.24) is 5.43 Å². The van der Waals surface area contributed by atoms with Crippen molar-refractivity contribution in [1.29, 1.82) is 0 Å². The Hall–Kier alpha value is -2.73. The van der Waals surface area contributed by atoms with Gasteiger partial charge in [0.15, 0.2) is 0 Å². The molecule has 0 radical (unpaired) electrons. The number of nitro benzene ring substituents is 1. The van der Waals surface area contributed by atoms with Gasteiger partial charge in [-0.1, -0.05) is 0 Å². The van der Waals surface area contributed by atoms with Crippen LogP contribution in [0.15, 0.2) is 18.2 Å². The Bertz CT molecular complexity index is 726. The van der Waals surface area contributed by atoms with Gasteiger partial charge in [0.05, 0.1) is 11.5 Å². The van der Waals surface area contributed by atoms with Crippen LogP contribution in [-0.4, -0.2) is 28.9 Å². The second-order valence-electron chi connectivity index (χ2n) is 5.72. The number of carbonyl (C=O) groups is 2. The van der Waals surface area contributed by atoms with E-state index in [4.69, 9.17) is 10.6 Å². The molecule has 4 N–H and O–H groups in total. The summed E-state index contributed by atoms with van der Waals surface area (Å²) < 4.78 is 43.8. The van der Waals surface area contributed by atoms with Crippen molar-refractivity contribution < 1.29 is 32.4 Å². The van der Waals surface area contributed by atoms with Gasteiger partial charge >= 0.3 is 12.1 Å². The summed E-state index contributed by atoms with van der Waals surface area (Å²) in [4.78, 5) is 33.4. The third-order valence-electron chi connectivity index (χ3n) is 3.71. The van der Waals surface area contributed by atoms with Gasteiger partial charge in [-0.25, -0.2) is 5.43 Å². The quantitative estimate of drug-likeness (QED) is 0.267. The summed E-state index contributed by atoms with van der Waals surface area (Å²) in [7, 11) is 0. The van der Waals surface area contributed by atoms with Gasteiger partial charge in [-0.3, -0.25) is 25.5 Å². The van der Waals surface area contributed by atoms with E-state index in [1.54, 1.807) is 6.92 Å². The summed E-state index contributed by atoms with van der Waals surface area (Å²) in [6.07, 6.45) is -5.23. The number of halogens is 3. The van der Waals surface area contributed by atoms with Crippen molar-refractivity contribution >= 4 is 23.3 Å². The maximum atomic E-state index is 13.0. The highest BCUT2D eigenvalue weighted by Gasteiger charge is 2.39. The Kier molecular flexibility index (Phi) is 7.25. The standard InChI is InChI=1S/C15H19F3N4O5/c1-3-27-12(23)6-7-14(2,21-19)13(24)20-9-4-5-11(22(25)26)10(8-9)15(16,17)18/h4-5,8,21H,3,6-7,19H2,1-2H3,(H,20,24). The molecule has 0 aliphatic rings. The third-order valence-corrected chi connectivity index (χ3v) is 3.71. The molecular formula is C15H19F3N4O5. The molecule has 1 aromatic rings. The van der Waals surface area contributed by atoms with Crippen molar-refractivity contribution in [3.8, 4) is 0 Å². The summed E-state index contributed by atoms with van der Waals surface area (Å²) in [6.45, 7) is 3.11. The zero-order chi connectivity index (χ0) is 20.8. The molecule has 0 aliphatic heterocycles. The molecule has 27 heavy (non-hydrogen) atoms. The van der Waals surface area contributed by atoms with Gasteiger partial charge < -0.3 is 10.1 Å². The van der Waals surface area contributed by atoms with Crippen molar-refractivity contribution in [2.75, 3.05) is 11.9 Å². The maximum absolute atomic E-state index is 13.0. The number of anilines is 1. The highest BCUT2D eigenvalue weighted by atomic mass is 19.4. The van der Waals surface area contributed by atoms with Crippen molar-refractivity contribution in [3.05, 3.63) is 33.9 Å². The lowest BCUT2D eigenvalue weighted by atomic mass is 9.95. The van der Waals surface area contributed by atoms with Gasteiger partial charge in [-0.15, -0.1) is 0 Å². The number of nitrogens with two attached hydrogens (primary N) is 1. The molecule has 0 aliphatic carbocycles. The highest BCUT2D eigenvalue weighted by molar-refractivity contribution is 5.98. The Morgan fingerprint density at radius 2 is 1.96 bits per heavy atom. The minimum absolute atomic E-state index is 0.0900. The first-order valence-corrected chi connectivity index (χ1v) is 7.75. The van der Waals surface area contributed by atoms with Crippen LogP contribution in [0.4, 0.5) is 24.5 Å². The van der Waals surface area contributed by atoms with Crippen LogP contribution in [0.2, 0.25) is 0 Å². The second-order valence-corrected chi connectivity index (χ2v) is 5.72. The van der Waals surface area contributed by atoms with E-state index in [0.29, 0.717) is 12.1 Å². The Labute approximate surface area is 152 Å². The van der Waals surface area contributed by atoms with Gasteiger partial charge in [0.25, 0.3) is 5.69 Å². The number of carbonyl (C=O) groups excluding carboxylic acids is 2. The largest absolute Gasteiger partial charge is 0.466 e. The number of esters is 1. The molecule has 9 nitrogen and oxygen atoms in total. The summed E-state index contributed by atoms with van der Waals surface area (Å²) in [6, 6.07) is 2.07. The van der Waals surface area contributed by atoms with E-state index in [9.17, 15) is 32.9 Å². The van der Waals surface area contributed by atoms with E-state index < -0.39 is 39.8 Å². The summed E-state index contributed by atoms with van der Waals surface area (Å²) >= 11 is 0. The number of benzene rings is 1. The molecule has 12 heteroatoms. The number of hydrogen-bond donors (Lipinski definition) is 3. The lowest BCUT2D eigenvalue weighted by Gasteiger charge is -2.27. The summed E-state index contributed by atoms with van der Waals surface area (Å²) in [5.74, 6) is 3.96. The predicted molar refractivity (Wildman–Crippen MR) is 88.3 cm³/mol. The SMILES string of the molecule is CCOC(=O)CCC(C)(NN)C(=O)Nc1ccc([N+](=O)[O-])c(C(F)(F)F)c1. The van der Waals surface area contributed by atoms with Gasteiger partial charge in [0.1, 0.15) is 11.1 Å². The monoisotopic (exact) mass is 392 g/mol. The van der Waals surface area contributed by atoms with E-state index in [1.807, 2.05) is 0 Å². The predicted octanol–water partition coefficient (Wildman–Crippen LogP) is 2.12. The number of nitro groups is 1. The van der Waals surface area contributed by atoms with Crippen LogP contribution in [0.5, 0.6) is 0 Å². The zero-order valence-corrected chi connectivity index (χ0v) is 14.6. The highest BCUT2D eigenvalue weighted by Crippen LogP contribution is 2.37. The summed E-state index contributed by atoms with van der Waals surface area (Å²) in [5.41, 5.74) is -2.22. The molecule has 1 unspecified atom stereocenters. The lowest BCUT2D eigenvalue weighted by molar-refractivity contribution is -0.388. The van der Waals surface area contributed by atoms with Gasteiger partial charge in [-0.05, 0) is 32.4 Å². The number of alkyl halides is 3. The van der Waals surface area contributed by atoms with Crippen LogP contribution < -0.4 is 16.6 Å². The Balaban J connectivity index is 3.03. The fourth-order valence-corrected chi connectivity index (χ4v) is 2.11. The summed E-state index contributed by atoms with van der Waals surface area (Å²) in [5, 5.41) is 13.0. The van der Waals surface area contributed by atoms with Gasteiger partial charge in [-0.2, -0.15) is 13.2 Å². The molecule has 0 aromatic heterocycles. The van der Waals surface area contributed by atoms with Crippen LogP contribution >= 0.6 is 0 Å². The molecule has 150 valence electrons. The van der Waals surface area contributed by atoms with Gasteiger partial charge in [0.2, 0.25) is 5.91 Å². The number of hydrogen-bond acceptors (Lipinski definition) is 7. The van der Waals surface area contributed by atoms with E-state index >= 15 is 0 Å². The molecule has 0 heterocycles. The fourth-order valence-electron chi connectivity index (χ4n) is 2.11. The van der Waals surface area contributed by atoms with Crippen LogP contribution in [0.1, 0.15) is 32.3 Å². The molecule has 1 atom stereocenters. The molecule has 0 spiro atoms. The topological polar surface area (TPSA) is 137 Å². The van der Waals surface area contributed by atoms with E-state index in [0.717, 1.165) is 6.07 Å². The average molecular weight is 392 g/mol. The zero-order valence-electron chi connectivity index (χ0n) is 14.6. The van der Waals surface area contributed by atoms with Crippen molar-refractivity contribution in [3.63, 3.8) is 0 Å². The molecule has 1 rings (SSSR count). The average Bonchev–Trinajstić information content (AvgIpc) is 2.58. The first kappa shape index (κ1) is 22.3. The van der Waals surface area contributed by atoms with Crippen LogP contribution in [0, 0.1) is 10.1 Å². The third kappa shape index (κ3) is 5.89. The Morgan fingerprint density at radius 3 is 2.44 bits per heavy atom. The smallest absolute Gasteiger partial charge is 0.423 e. The maximum Gasteiger partial charge on any atom is 0.423 e. The minimum atomic E-state index is -4.98. The Morgan fingerprint density at radius 1 is 1.33 bits per heavy atom.